The van der Waals surface area contributed by atoms with E-state index in [9.17, 15) is 9.18 Å². The molecule has 0 bridgehead atoms. The minimum atomic E-state index is -0.270. The summed E-state index contributed by atoms with van der Waals surface area (Å²) in [5.74, 6) is -0.106. The topological polar surface area (TPSA) is 29.5 Å². The van der Waals surface area contributed by atoms with E-state index >= 15 is 0 Å². The van der Waals surface area contributed by atoms with Crippen LogP contribution in [0.25, 0.3) is 0 Å². The summed E-state index contributed by atoms with van der Waals surface area (Å²) in [6.45, 7) is 4.26. The summed E-state index contributed by atoms with van der Waals surface area (Å²) < 4.78 is 18.3. The predicted molar refractivity (Wildman–Crippen MR) is 76.2 cm³/mol. The van der Waals surface area contributed by atoms with Crippen LogP contribution in [0.15, 0.2) is 24.3 Å². The van der Waals surface area contributed by atoms with E-state index in [0.29, 0.717) is 13.0 Å². The van der Waals surface area contributed by atoms with Crippen LogP contribution in [0, 0.1) is 5.82 Å². The van der Waals surface area contributed by atoms with E-state index in [0.717, 1.165) is 31.5 Å². The Kier molecular flexibility index (Phi) is 4.89. The Hall–Kier alpha value is -1.26. The third kappa shape index (κ3) is 4.12. The fraction of sp³-hybridized carbons (Fsp3) is 0.562. The van der Waals surface area contributed by atoms with Crippen molar-refractivity contribution in [2.75, 3.05) is 26.7 Å². The van der Waals surface area contributed by atoms with Crippen LogP contribution < -0.4 is 0 Å². The Morgan fingerprint density at radius 1 is 1.40 bits per heavy atom. The number of rotatable bonds is 5. The van der Waals surface area contributed by atoms with Crippen molar-refractivity contribution in [3.8, 4) is 0 Å². The largest absolute Gasteiger partial charge is 0.377 e. The Balaban J connectivity index is 1.86. The normalized spacial score (nSPS) is 23.8. The maximum Gasteiger partial charge on any atom is 0.151 e. The zero-order valence-electron chi connectivity index (χ0n) is 12.2. The first-order chi connectivity index (χ1) is 9.50. The third-order valence-electron chi connectivity index (χ3n) is 3.95. The SMILES string of the molecule is COC1(C)CCCN(CC(=O)Cc2ccc(F)cc2)C1. The second kappa shape index (κ2) is 6.46. The van der Waals surface area contributed by atoms with Crippen LogP contribution in [0.3, 0.4) is 0 Å². The molecule has 3 nitrogen and oxygen atoms in total. The Morgan fingerprint density at radius 3 is 2.75 bits per heavy atom. The summed E-state index contributed by atoms with van der Waals surface area (Å²) in [6, 6.07) is 6.13. The van der Waals surface area contributed by atoms with E-state index in [1.807, 2.05) is 0 Å². The van der Waals surface area contributed by atoms with Crippen molar-refractivity contribution < 1.29 is 13.9 Å². The number of ketones is 1. The van der Waals surface area contributed by atoms with Gasteiger partial charge < -0.3 is 4.74 Å². The van der Waals surface area contributed by atoms with E-state index in [1.165, 1.54) is 12.1 Å². The molecule has 1 aliphatic rings. The number of hydrogen-bond donors (Lipinski definition) is 0. The number of nitrogens with zero attached hydrogens (tertiary/aromatic N) is 1. The molecule has 0 spiro atoms. The quantitative estimate of drug-likeness (QED) is 0.829. The standard InChI is InChI=1S/C16H22FNO2/c1-16(20-2)8-3-9-18(12-16)11-15(19)10-13-4-6-14(17)7-5-13/h4-7H,3,8-12H2,1-2H3. The molecule has 4 heteroatoms. The van der Waals surface area contributed by atoms with Gasteiger partial charge in [-0.05, 0) is 44.0 Å². The molecule has 0 saturated carbocycles. The molecule has 0 radical (unpaired) electrons. The third-order valence-corrected chi connectivity index (χ3v) is 3.95. The highest BCUT2D eigenvalue weighted by Crippen LogP contribution is 2.23. The van der Waals surface area contributed by atoms with E-state index in [-0.39, 0.29) is 17.2 Å². The molecular weight excluding hydrogens is 257 g/mol. The maximum absolute atomic E-state index is 12.8. The van der Waals surface area contributed by atoms with Gasteiger partial charge in [0.25, 0.3) is 0 Å². The summed E-state index contributed by atoms with van der Waals surface area (Å²) in [4.78, 5) is 14.2. The number of halogens is 1. The lowest BCUT2D eigenvalue weighted by Gasteiger charge is -2.39. The molecule has 20 heavy (non-hydrogen) atoms. The van der Waals surface area contributed by atoms with Gasteiger partial charge in [-0.15, -0.1) is 0 Å². The van der Waals surface area contributed by atoms with E-state index in [1.54, 1.807) is 19.2 Å². The Labute approximate surface area is 119 Å². The van der Waals surface area contributed by atoms with Crippen molar-refractivity contribution >= 4 is 5.78 Å². The smallest absolute Gasteiger partial charge is 0.151 e. The van der Waals surface area contributed by atoms with Crippen molar-refractivity contribution in [1.82, 2.24) is 4.90 Å². The predicted octanol–water partition coefficient (Wildman–Crippen LogP) is 2.44. The number of piperidine rings is 1. The molecule has 1 aliphatic heterocycles. The fourth-order valence-electron chi connectivity index (χ4n) is 2.74. The number of carbonyl (C=O) groups is 1. The highest BCUT2D eigenvalue weighted by atomic mass is 19.1. The highest BCUT2D eigenvalue weighted by Gasteiger charge is 2.31. The van der Waals surface area contributed by atoms with Crippen LogP contribution in [-0.4, -0.2) is 43.0 Å². The first-order valence-corrected chi connectivity index (χ1v) is 7.04. The molecule has 1 fully saturated rings. The Morgan fingerprint density at radius 2 is 2.10 bits per heavy atom. The van der Waals surface area contributed by atoms with E-state index in [4.69, 9.17) is 4.74 Å². The number of hydrogen-bond acceptors (Lipinski definition) is 3. The van der Waals surface area contributed by atoms with Crippen LogP contribution in [0.4, 0.5) is 4.39 Å². The van der Waals surface area contributed by atoms with E-state index in [2.05, 4.69) is 11.8 Å². The molecule has 0 amide bonds. The maximum atomic E-state index is 12.8. The number of benzene rings is 1. The molecule has 0 aliphatic carbocycles. The van der Waals surface area contributed by atoms with Gasteiger partial charge in [-0.1, -0.05) is 12.1 Å². The van der Waals surface area contributed by atoms with Gasteiger partial charge in [0.15, 0.2) is 5.78 Å². The van der Waals surface area contributed by atoms with Crippen LogP contribution in [-0.2, 0) is 16.0 Å². The van der Waals surface area contributed by atoms with Crippen LogP contribution >= 0.6 is 0 Å². The van der Waals surface area contributed by atoms with E-state index < -0.39 is 0 Å². The lowest BCUT2D eigenvalue weighted by Crippen LogP contribution is -2.48. The number of carbonyl (C=O) groups excluding carboxylic acids is 1. The number of methoxy groups -OCH3 is 1. The van der Waals surface area contributed by atoms with Crippen molar-refractivity contribution in [3.63, 3.8) is 0 Å². The lowest BCUT2D eigenvalue weighted by atomic mass is 9.94. The summed E-state index contributed by atoms with van der Waals surface area (Å²) in [5, 5.41) is 0. The van der Waals surface area contributed by atoms with Gasteiger partial charge in [0, 0.05) is 20.1 Å². The van der Waals surface area contributed by atoms with Gasteiger partial charge >= 0.3 is 0 Å². The van der Waals surface area contributed by atoms with Gasteiger partial charge in [0.2, 0.25) is 0 Å². The number of Topliss-reactive ketones (excluding diaryl/α,β-unsaturated/α-hetero) is 1. The monoisotopic (exact) mass is 279 g/mol. The van der Waals surface area contributed by atoms with Crippen molar-refractivity contribution in [2.45, 2.75) is 31.8 Å². The molecule has 1 unspecified atom stereocenters. The molecule has 1 saturated heterocycles. The van der Waals surface area contributed by atoms with Crippen LogP contribution in [0.2, 0.25) is 0 Å². The average Bonchev–Trinajstić information content (AvgIpc) is 2.41. The number of likely N-dealkylation sites (tertiary alicyclic amines) is 1. The van der Waals surface area contributed by atoms with Gasteiger partial charge in [0.05, 0.1) is 12.1 Å². The molecule has 0 N–H and O–H groups in total. The first kappa shape index (κ1) is 15.1. The molecule has 2 rings (SSSR count). The summed E-state index contributed by atoms with van der Waals surface area (Å²) >= 11 is 0. The van der Waals surface area contributed by atoms with Crippen LogP contribution in [0.5, 0.6) is 0 Å². The minimum absolute atomic E-state index is 0.144. The van der Waals surface area contributed by atoms with Crippen molar-refractivity contribution in [1.29, 1.82) is 0 Å². The average molecular weight is 279 g/mol. The second-order valence-corrected chi connectivity index (χ2v) is 5.81. The van der Waals surface area contributed by atoms with Gasteiger partial charge in [-0.3, -0.25) is 9.69 Å². The van der Waals surface area contributed by atoms with Crippen molar-refractivity contribution in [2.24, 2.45) is 0 Å². The van der Waals surface area contributed by atoms with Crippen LogP contribution in [0.1, 0.15) is 25.3 Å². The molecule has 110 valence electrons. The van der Waals surface area contributed by atoms with Crippen molar-refractivity contribution in [3.05, 3.63) is 35.6 Å². The lowest BCUT2D eigenvalue weighted by molar-refractivity contribution is -0.121. The fourth-order valence-corrected chi connectivity index (χ4v) is 2.74. The molecule has 1 aromatic carbocycles. The zero-order chi connectivity index (χ0) is 14.6. The summed E-state index contributed by atoms with van der Waals surface area (Å²) in [7, 11) is 1.73. The second-order valence-electron chi connectivity index (χ2n) is 5.81. The molecule has 0 aromatic heterocycles. The summed E-state index contributed by atoms with van der Waals surface area (Å²) in [5.41, 5.74) is 0.719. The Bertz CT molecular complexity index is 460. The zero-order valence-corrected chi connectivity index (χ0v) is 12.2. The summed E-state index contributed by atoms with van der Waals surface area (Å²) in [6.07, 6.45) is 2.45. The van der Waals surface area contributed by atoms with Gasteiger partial charge in [-0.2, -0.15) is 0 Å². The van der Waals surface area contributed by atoms with Gasteiger partial charge in [0.1, 0.15) is 5.82 Å². The minimum Gasteiger partial charge on any atom is -0.377 e. The van der Waals surface area contributed by atoms with Gasteiger partial charge in [-0.25, -0.2) is 4.39 Å². The highest BCUT2D eigenvalue weighted by molar-refractivity contribution is 5.82. The molecule has 1 heterocycles. The molecule has 1 atom stereocenters. The molecule has 1 aromatic rings. The molecular formula is C16H22FNO2. The first-order valence-electron chi connectivity index (χ1n) is 7.04. The number of ether oxygens (including phenoxy) is 1.